The molecule has 0 bridgehead atoms. The number of hydrogen-bond donors (Lipinski definition) is 3. The molecule has 142 valence electrons. The summed E-state index contributed by atoms with van der Waals surface area (Å²) in [6, 6.07) is 7.81. The second-order valence-electron chi connectivity index (χ2n) is 6.66. The minimum atomic E-state index is -1.86. The minimum Gasteiger partial charge on any atom is -0.479 e. The molecule has 3 N–H and O–H groups in total. The molecule has 0 heterocycles. The predicted molar refractivity (Wildman–Crippen MR) is 90.7 cm³/mol. The number of ether oxygens (including phenoxy) is 2. The van der Waals surface area contributed by atoms with Gasteiger partial charge in [-0.2, -0.15) is 0 Å². The van der Waals surface area contributed by atoms with Crippen LogP contribution in [0.3, 0.4) is 0 Å². The average molecular weight is 366 g/mol. The lowest BCUT2D eigenvalue weighted by molar-refractivity contribution is -0.143. The maximum absolute atomic E-state index is 11.8. The second kappa shape index (κ2) is 8.32. The van der Waals surface area contributed by atoms with Crippen molar-refractivity contribution in [2.75, 3.05) is 6.54 Å². The zero-order valence-corrected chi connectivity index (χ0v) is 15.0. The first-order chi connectivity index (χ1) is 11.9. The summed E-state index contributed by atoms with van der Waals surface area (Å²) in [5.74, 6) is -2.29. The van der Waals surface area contributed by atoms with E-state index in [0.29, 0.717) is 0 Å². The number of hydrogen-bond acceptors (Lipinski definition) is 6. The van der Waals surface area contributed by atoms with Crippen LogP contribution in [-0.4, -0.2) is 46.9 Å². The summed E-state index contributed by atoms with van der Waals surface area (Å²) in [7, 11) is 0. The Hall–Kier alpha value is -3.10. The Labute approximate surface area is 150 Å². The molecule has 9 heteroatoms. The molecule has 26 heavy (non-hydrogen) atoms. The number of esters is 1. The second-order valence-corrected chi connectivity index (χ2v) is 6.66. The van der Waals surface area contributed by atoms with E-state index in [2.05, 4.69) is 15.4 Å². The summed E-state index contributed by atoms with van der Waals surface area (Å²) in [5, 5.41) is 13.6. The Morgan fingerprint density at radius 2 is 1.58 bits per heavy atom. The number of alkyl carbamates (subject to hydrolysis) is 2. The van der Waals surface area contributed by atoms with Gasteiger partial charge in [-0.05, 0) is 39.8 Å². The molecular formula is C17H22N2O7. The first-order valence-electron chi connectivity index (χ1n) is 7.72. The molecule has 0 saturated carbocycles. The number of carbonyl (C=O) groups is 4. The average Bonchev–Trinajstić information content (AvgIpc) is 2.51. The van der Waals surface area contributed by atoms with Crippen LogP contribution in [0.15, 0.2) is 30.3 Å². The van der Waals surface area contributed by atoms with Gasteiger partial charge in [-0.1, -0.05) is 18.2 Å². The fourth-order valence-corrected chi connectivity index (χ4v) is 1.70. The van der Waals surface area contributed by atoms with Gasteiger partial charge in [-0.3, -0.25) is 0 Å². The maximum atomic E-state index is 11.8. The molecule has 0 spiro atoms. The first kappa shape index (κ1) is 20.9. The summed E-state index contributed by atoms with van der Waals surface area (Å²) in [6.07, 6.45) is -2.10. The van der Waals surface area contributed by atoms with Crippen LogP contribution in [0.5, 0.6) is 0 Å². The molecule has 1 rings (SSSR count). The third-order valence-electron chi connectivity index (χ3n) is 3.03. The number of carboxylic acids is 1. The van der Waals surface area contributed by atoms with E-state index in [0.717, 1.165) is 0 Å². The Morgan fingerprint density at radius 3 is 2.08 bits per heavy atom. The molecule has 1 aromatic carbocycles. The number of carbonyl (C=O) groups excluding carboxylic acids is 3. The zero-order chi connectivity index (χ0) is 20.0. The van der Waals surface area contributed by atoms with Gasteiger partial charge in [-0.25, -0.2) is 19.2 Å². The molecule has 9 nitrogen and oxygen atoms in total. The highest BCUT2D eigenvalue weighted by Crippen LogP contribution is 2.10. The number of nitrogens with one attached hydrogen (secondary N) is 2. The van der Waals surface area contributed by atoms with E-state index in [9.17, 15) is 24.3 Å². The molecule has 0 aliphatic heterocycles. The lowest BCUT2D eigenvalue weighted by Crippen LogP contribution is -2.59. The van der Waals surface area contributed by atoms with Crippen LogP contribution in [-0.2, 0) is 14.3 Å². The van der Waals surface area contributed by atoms with Gasteiger partial charge in [0.25, 0.3) is 0 Å². The third-order valence-corrected chi connectivity index (χ3v) is 3.03. The molecule has 1 aromatic rings. The third kappa shape index (κ3) is 6.80. The van der Waals surface area contributed by atoms with Crippen molar-refractivity contribution in [3.63, 3.8) is 0 Å². The van der Waals surface area contributed by atoms with E-state index in [1.165, 1.54) is 19.1 Å². The summed E-state index contributed by atoms with van der Waals surface area (Å²) < 4.78 is 9.57. The van der Waals surface area contributed by atoms with Crippen LogP contribution >= 0.6 is 0 Å². The topological polar surface area (TPSA) is 131 Å². The molecule has 0 unspecified atom stereocenters. The molecule has 0 aromatic heterocycles. The van der Waals surface area contributed by atoms with Gasteiger partial charge in [0.1, 0.15) is 5.60 Å². The van der Waals surface area contributed by atoms with Crippen LogP contribution in [0.4, 0.5) is 9.59 Å². The van der Waals surface area contributed by atoms with E-state index in [1.54, 1.807) is 39.0 Å². The van der Waals surface area contributed by atoms with Gasteiger partial charge in [0, 0.05) is 0 Å². The summed E-state index contributed by atoms with van der Waals surface area (Å²) in [6.45, 7) is 5.52. The van der Waals surface area contributed by atoms with E-state index in [1.807, 2.05) is 0 Å². The van der Waals surface area contributed by atoms with Crippen molar-refractivity contribution in [2.24, 2.45) is 0 Å². The van der Waals surface area contributed by atoms with E-state index < -0.39 is 41.8 Å². The summed E-state index contributed by atoms with van der Waals surface area (Å²) in [4.78, 5) is 46.7. The van der Waals surface area contributed by atoms with Gasteiger partial charge < -0.3 is 25.2 Å². The number of rotatable bonds is 5. The largest absolute Gasteiger partial charge is 0.479 e. The van der Waals surface area contributed by atoms with Crippen molar-refractivity contribution in [1.82, 2.24) is 10.6 Å². The number of benzene rings is 1. The molecule has 0 aliphatic carbocycles. The van der Waals surface area contributed by atoms with Crippen LogP contribution in [0, 0.1) is 0 Å². The Balaban J connectivity index is 2.64. The highest BCUT2D eigenvalue weighted by molar-refractivity contribution is 5.96. The van der Waals surface area contributed by atoms with Gasteiger partial charge in [0.05, 0.1) is 12.1 Å². The normalized spacial score (nSPS) is 13.1. The van der Waals surface area contributed by atoms with Crippen LogP contribution in [0.2, 0.25) is 0 Å². The van der Waals surface area contributed by atoms with E-state index in [4.69, 9.17) is 4.74 Å². The van der Waals surface area contributed by atoms with Crippen LogP contribution < -0.4 is 10.6 Å². The van der Waals surface area contributed by atoms with Crippen molar-refractivity contribution in [3.05, 3.63) is 35.9 Å². The first-order valence-corrected chi connectivity index (χ1v) is 7.72. The van der Waals surface area contributed by atoms with Crippen LogP contribution in [0.1, 0.15) is 38.1 Å². The Bertz CT molecular complexity index is 682. The molecule has 2 amide bonds. The highest BCUT2D eigenvalue weighted by Gasteiger charge is 2.37. The lowest BCUT2D eigenvalue weighted by Gasteiger charge is -2.28. The van der Waals surface area contributed by atoms with Crippen molar-refractivity contribution in [2.45, 2.75) is 38.8 Å². The number of amides is 2. The van der Waals surface area contributed by atoms with Gasteiger partial charge in [-0.15, -0.1) is 0 Å². The number of aliphatic carboxylic acids is 1. The fourth-order valence-electron chi connectivity index (χ4n) is 1.70. The van der Waals surface area contributed by atoms with Crippen molar-refractivity contribution < 1.29 is 33.8 Å². The molecule has 0 radical (unpaired) electrons. The molecule has 0 aliphatic rings. The minimum absolute atomic E-state index is 0.163. The van der Waals surface area contributed by atoms with Crippen molar-refractivity contribution in [1.29, 1.82) is 0 Å². The zero-order valence-electron chi connectivity index (χ0n) is 15.0. The predicted octanol–water partition coefficient (Wildman–Crippen LogP) is 1.92. The Morgan fingerprint density at radius 1 is 1.00 bits per heavy atom. The smallest absolute Gasteiger partial charge is 0.415 e. The lowest BCUT2D eigenvalue weighted by atomic mass is 10.0. The summed E-state index contributed by atoms with van der Waals surface area (Å²) in [5.41, 5.74) is -2.52. The molecule has 1 atom stereocenters. The number of carboxylic acid groups (broad SMARTS) is 1. The van der Waals surface area contributed by atoms with Gasteiger partial charge >= 0.3 is 24.1 Å². The van der Waals surface area contributed by atoms with E-state index in [-0.39, 0.29) is 5.56 Å². The van der Waals surface area contributed by atoms with Crippen LogP contribution in [0.25, 0.3) is 0 Å². The van der Waals surface area contributed by atoms with Crippen molar-refractivity contribution >= 4 is 24.1 Å². The standard InChI is InChI=1S/C17H22N2O7/c1-16(2,3)26-15(24)19-17(4,13(21)22)10-18-14(23)25-12(20)11-8-6-5-7-9-11/h5-9H,10H2,1-4H3,(H,18,23)(H,19,24)(H,21,22)/t17-/m0/s1. The quantitative estimate of drug-likeness (QED) is 0.536. The van der Waals surface area contributed by atoms with E-state index >= 15 is 0 Å². The molecule has 0 saturated heterocycles. The SMILES string of the molecule is CC(C)(C)OC(=O)N[C@@](C)(CNC(=O)OC(=O)c1ccccc1)C(=O)O. The Kier molecular flexibility index (Phi) is 6.71. The van der Waals surface area contributed by atoms with Crippen molar-refractivity contribution in [3.8, 4) is 0 Å². The summed E-state index contributed by atoms with van der Waals surface area (Å²) >= 11 is 0. The highest BCUT2D eigenvalue weighted by atomic mass is 16.6. The molecule has 0 fully saturated rings. The van der Waals surface area contributed by atoms with Gasteiger partial charge in [0.2, 0.25) is 0 Å². The monoisotopic (exact) mass is 366 g/mol. The fraction of sp³-hybridized carbons (Fsp3) is 0.412. The van der Waals surface area contributed by atoms with Gasteiger partial charge in [0.15, 0.2) is 5.54 Å². The maximum Gasteiger partial charge on any atom is 0.415 e. The molecular weight excluding hydrogens is 344 g/mol.